The maximum absolute atomic E-state index is 5.02. The molecule has 0 radical (unpaired) electrons. The molecule has 0 atom stereocenters. The molecule has 1 aliphatic carbocycles. The van der Waals surface area contributed by atoms with Crippen LogP contribution in [0.15, 0.2) is 24.3 Å². The van der Waals surface area contributed by atoms with Gasteiger partial charge in [-0.25, -0.2) is 9.97 Å². The Kier molecular flexibility index (Phi) is 4.02. The maximum atomic E-state index is 5.02. The third kappa shape index (κ3) is 2.97. The molecule has 1 aromatic heterocycles. The molecule has 1 aliphatic heterocycles. The van der Waals surface area contributed by atoms with Crippen LogP contribution >= 0.6 is 0 Å². The average molecular weight is 307 g/mol. The molecule has 1 fully saturated rings. The Bertz CT molecular complexity index is 685. The highest BCUT2D eigenvalue weighted by Gasteiger charge is 2.23. The van der Waals surface area contributed by atoms with Crippen molar-refractivity contribution < 1.29 is 0 Å². The minimum Gasteiger partial charge on any atom is -0.356 e. The zero-order valence-electron chi connectivity index (χ0n) is 14.0. The maximum Gasteiger partial charge on any atom is 0.161 e. The summed E-state index contributed by atoms with van der Waals surface area (Å²) in [6.07, 6.45) is 8.73. The van der Waals surface area contributed by atoms with Crippen LogP contribution < -0.4 is 4.90 Å². The summed E-state index contributed by atoms with van der Waals surface area (Å²) in [5.74, 6) is 2.14. The number of fused-ring (bicyclic) bond motifs is 1. The minimum atomic E-state index is 0.909. The highest BCUT2D eigenvalue weighted by atomic mass is 15.2. The van der Waals surface area contributed by atoms with Gasteiger partial charge in [-0.15, -0.1) is 0 Å². The fourth-order valence-electron chi connectivity index (χ4n) is 3.77. The van der Waals surface area contributed by atoms with E-state index in [1.165, 1.54) is 54.7 Å². The number of hydrogen-bond acceptors (Lipinski definition) is 3. The number of piperidine rings is 1. The second-order valence-electron chi connectivity index (χ2n) is 6.92. The molecule has 0 spiro atoms. The van der Waals surface area contributed by atoms with Gasteiger partial charge in [0.1, 0.15) is 5.82 Å². The van der Waals surface area contributed by atoms with E-state index in [0.29, 0.717) is 0 Å². The number of hydrogen-bond donors (Lipinski definition) is 0. The lowest BCUT2D eigenvalue weighted by Gasteiger charge is -2.31. The summed E-state index contributed by atoms with van der Waals surface area (Å²) in [5, 5.41) is 0. The van der Waals surface area contributed by atoms with Gasteiger partial charge in [-0.1, -0.05) is 29.8 Å². The monoisotopic (exact) mass is 307 g/mol. The van der Waals surface area contributed by atoms with E-state index in [9.17, 15) is 0 Å². The van der Waals surface area contributed by atoms with Gasteiger partial charge in [0.15, 0.2) is 5.82 Å². The van der Waals surface area contributed by atoms with Crippen LogP contribution in [0.4, 0.5) is 5.82 Å². The number of benzene rings is 1. The van der Waals surface area contributed by atoms with Crippen molar-refractivity contribution in [3.05, 3.63) is 41.1 Å². The van der Waals surface area contributed by atoms with E-state index in [1.54, 1.807) is 0 Å². The second kappa shape index (κ2) is 6.31. The first-order valence-electron chi connectivity index (χ1n) is 9.03. The quantitative estimate of drug-likeness (QED) is 0.827. The topological polar surface area (TPSA) is 29.0 Å². The van der Waals surface area contributed by atoms with Gasteiger partial charge in [-0.2, -0.15) is 0 Å². The molecule has 0 amide bonds. The van der Waals surface area contributed by atoms with E-state index < -0.39 is 0 Å². The van der Waals surface area contributed by atoms with Crippen LogP contribution in [0.5, 0.6) is 0 Å². The number of rotatable bonds is 2. The van der Waals surface area contributed by atoms with Gasteiger partial charge < -0.3 is 4.90 Å². The molecule has 2 aromatic rings. The summed E-state index contributed by atoms with van der Waals surface area (Å²) >= 11 is 0. The molecule has 0 bridgehead atoms. The normalized spacial score (nSPS) is 17.9. The molecule has 2 heterocycles. The summed E-state index contributed by atoms with van der Waals surface area (Å²) < 4.78 is 0. The van der Waals surface area contributed by atoms with Crippen molar-refractivity contribution in [3.63, 3.8) is 0 Å². The van der Waals surface area contributed by atoms with Crippen molar-refractivity contribution in [1.82, 2.24) is 9.97 Å². The van der Waals surface area contributed by atoms with Crippen LogP contribution in [-0.4, -0.2) is 23.1 Å². The van der Waals surface area contributed by atoms with E-state index >= 15 is 0 Å². The zero-order chi connectivity index (χ0) is 15.6. The molecule has 0 N–H and O–H groups in total. The highest BCUT2D eigenvalue weighted by molar-refractivity contribution is 5.61. The molecule has 3 nitrogen and oxygen atoms in total. The van der Waals surface area contributed by atoms with Gasteiger partial charge in [-0.3, -0.25) is 0 Å². The van der Waals surface area contributed by atoms with Crippen LogP contribution in [0.2, 0.25) is 0 Å². The zero-order valence-corrected chi connectivity index (χ0v) is 14.0. The molecular formula is C20H25N3. The van der Waals surface area contributed by atoms with Crippen molar-refractivity contribution in [3.8, 4) is 11.4 Å². The molecule has 0 saturated carbocycles. The van der Waals surface area contributed by atoms with E-state index in [1.807, 2.05) is 0 Å². The third-order valence-electron chi connectivity index (χ3n) is 5.13. The predicted octanol–water partition coefficient (Wildman–Crippen LogP) is 4.32. The fourth-order valence-corrected chi connectivity index (χ4v) is 3.77. The van der Waals surface area contributed by atoms with E-state index in [0.717, 1.165) is 37.3 Å². The van der Waals surface area contributed by atoms with Gasteiger partial charge in [0, 0.05) is 29.9 Å². The first kappa shape index (κ1) is 14.7. The molecule has 23 heavy (non-hydrogen) atoms. The predicted molar refractivity (Wildman–Crippen MR) is 94.9 cm³/mol. The van der Waals surface area contributed by atoms with E-state index in [4.69, 9.17) is 9.97 Å². The molecule has 0 unspecified atom stereocenters. The number of aryl methyl sites for hydroxylation is 2. The summed E-state index contributed by atoms with van der Waals surface area (Å²) in [5.41, 5.74) is 5.14. The highest BCUT2D eigenvalue weighted by Crippen LogP contribution is 2.32. The van der Waals surface area contributed by atoms with Crippen LogP contribution in [0.3, 0.4) is 0 Å². The third-order valence-corrected chi connectivity index (χ3v) is 5.13. The van der Waals surface area contributed by atoms with Crippen molar-refractivity contribution in [2.75, 3.05) is 18.0 Å². The van der Waals surface area contributed by atoms with Gasteiger partial charge in [0.25, 0.3) is 0 Å². The molecular weight excluding hydrogens is 282 g/mol. The Morgan fingerprint density at radius 1 is 0.826 bits per heavy atom. The number of nitrogens with zero attached hydrogens (tertiary/aromatic N) is 3. The summed E-state index contributed by atoms with van der Waals surface area (Å²) in [6, 6.07) is 8.61. The lowest BCUT2D eigenvalue weighted by molar-refractivity contribution is 0.566. The Morgan fingerprint density at radius 3 is 2.35 bits per heavy atom. The van der Waals surface area contributed by atoms with E-state index in [2.05, 4.69) is 36.1 Å². The minimum absolute atomic E-state index is 0.909. The molecule has 1 aromatic carbocycles. The summed E-state index contributed by atoms with van der Waals surface area (Å²) in [6.45, 7) is 4.42. The number of anilines is 1. The van der Waals surface area contributed by atoms with Crippen molar-refractivity contribution >= 4 is 5.82 Å². The Balaban J connectivity index is 1.79. The summed E-state index contributed by atoms with van der Waals surface area (Å²) in [4.78, 5) is 12.5. The van der Waals surface area contributed by atoms with Gasteiger partial charge in [-0.05, 0) is 51.9 Å². The Hall–Kier alpha value is -1.90. The van der Waals surface area contributed by atoms with Crippen LogP contribution in [0.25, 0.3) is 11.4 Å². The van der Waals surface area contributed by atoms with Crippen molar-refractivity contribution in [2.24, 2.45) is 0 Å². The average Bonchev–Trinajstić information content (AvgIpc) is 2.62. The molecule has 2 aliphatic rings. The molecule has 4 rings (SSSR count). The SMILES string of the molecule is Cc1ccc(-c2nc3c(c(N4CCCCC4)n2)CCCC3)cc1. The van der Waals surface area contributed by atoms with Crippen LogP contribution in [0.1, 0.15) is 48.9 Å². The molecule has 1 saturated heterocycles. The van der Waals surface area contributed by atoms with Crippen molar-refractivity contribution in [2.45, 2.75) is 51.9 Å². The fraction of sp³-hybridized carbons (Fsp3) is 0.500. The first-order valence-corrected chi connectivity index (χ1v) is 9.03. The summed E-state index contributed by atoms with van der Waals surface area (Å²) in [7, 11) is 0. The van der Waals surface area contributed by atoms with Crippen molar-refractivity contribution in [1.29, 1.82) is 0 Å². The van der Waals surface area contributed by atoms with Gasteiger partial charge in [0.2, 0.25) is 0 Å². The molecule has 120 valence electrons. The van der Waals surface area contributed by atoms with Gasteiger partial charge in [0.05, 0.1) is 0 Å². The van der Waals surface area contributed by atoms with Crippen LogP contribution in [-0.2, 0) is 12.8 Å². The largest absolute Gasteiger partial charge is 0.356 e. The lowest BCUT2D eigenvalue weighted by Crippen LogP contribution is -2.32. The van der Waals surface area contributed by atoms with E-state index in [-0.39, 0.29) is 0 Å². The Labute approximate surface area is 138 Å². The van der Waals surface area contributed by atoms with Gasteiger partial charge >= 0.3 is 0 Å². The first-order chi connectivity index (χ1) is 11.3. The van der Waals surface area contributed by atoms with Crippen LogP contribution in [0, 0.1) is 6.92 Å². The lowest BCUT2D eigenvalue weighted by atomic mass is 9.95. The second-order valence-corrected chi connectivity index (χ2v) is 6.92. The Morgan fingerprint density at radius 2 is 1.57 bits per heavy atom. The number of aromatic nitrogens is 2. The smallest absolute Gasteiger partial charge is 0.161 e. The molecule has 3 heteroatoms. The standard InChI is InChI=1S/C20H25N3/c1-15-9-11-16(12-10-15)19-21-18-8-4-3-7-17(18)20(22-19)23-13-5-2-6-14-23/h9-12H,2-8,13-14H2,1H3.